The highest BCUT2D eigenvalue weighted by Gasteiger charge is 2.07. The van der Waals surface area contributed by atoms with Gasteiger partial charge in [0.15, 0.2) is 0 Å². The van der Waals surface area contributed by atoms with E-state index in [0.717, 1.165) is 21.3 Å². The minimum Gasteiger partial charge on any atom is -0.489 e. The summed E-state index contributed by atoms with van der Waals surface area (Å²) in [6.07, 6.45) is 2.40. The van der Waals surface area contributed by atoms with E-state index in [1.54, 1.807) is 6.08 Å². The van der Waals surface area contributed by atoms with Crippen molar-refractivity contribution >= 4 is 21.9 Å². The van der Waals surface area contributed by atoms with Gasteiger partial charge in [-0.15, -0.1) is 0 Å². The van der Waals surface area contributed by atoms with Gasteiger partial charge in [-0.2, -0.15) is 0 Å². The van der Waals surface area contributed by atoms with Gasteiger partial charge in [-0.3, -0.25) is 0 Å². The molecule has 1 aromatic rings. The van der Waals surface area contributed by atoms with Crippen LogP contribution in [0.4, 0.5) is 0 Å². The number of halogens is 1. The van der Waals surface area contributed by atoms with Crippen molar-refractivity contribution < 1.29 is 14.3 Å². The predicted molar refractivity (Wildman–Crippen MR) is 79.5 cm³/mol. The molecule has 0 fully saturated rings. The zero-order chi connectivity index (χ0) is 14.4. The first-order valence-electron chi connectivity index (χ1n) is 6.16. The molecule has 1 aromatic carbocycles. The van der Waals surface area contributed by atoms with E-state index in [1.807, 2.05) is 32.9 Å². The van der Waals surface area contributed by atoms with Crippen LogP contribution in [0.3, 0.4) is 0 Å². The predicted octanol–water partition coefficient (Wildman–Crippen LogP) is 3.95. The quantitative estimate of drug-likeness (QED) is 0.607. The molecule has 3 nitrogen and oxygen atoms in total. The van der Waals surface area contributed by atoms with E-state index >= 15 is 0 Å². The van der Waals surface area contributed by atoms with Crippen molar-refractivity contribution in [1.29, 1.82) is 0 Å². The molecule has 0 heterocycles. The van der Waals surface area contributed by atoms with Crippen molar-refractivity contribution in [3.05, 3.63) is 39.4 Å². The van der Waals surface area contributed by atoms with Gasteiger partial charge in [0, 0.05) is 10.0 Å². The second-order valence-corrected chi connectivity index (χ2v) is 5.05. The number of ether oxygens (including phenoxy) is 2. The van der Waals surface area contributed by atoms with E-state index < -0.39 is 0 Å². The van der Waals surface area contributed by atoms with Gasteiger partial charge in [-0.25, -0.2) is 4.79 Å². The maximum atomic E-state index is 11.4. The number of methoxy groups -OCH3 is 1. The zero-order valence-corrected chi connectivity index (χ0v) is 13.3. The molecule has 1 rings (SSSR count). The summed E-state index contributed by atoms with van der Waals surface area (Å²) < 4.78 is 11.4. The number of rotatable bonds is 5. The summed E-state index contributed by atoms with van der Waals surface area (Å²) in [5.74, 6) is 0.504. The lowest BCUT2D eigenvalue weighted by Gasteiger charge is -2.09. The maximum Gasteiger partial charge on any atom is 0.333 e. The molecule has 0 saturated heterocycles. The number of esters is 1. The van der Waals surface area contributed by atoms with Crippen molar-refractivity contribution in [2.45, 2.75) is 27.2 Å². The molecular weight excluding hydrogens is 308 g/mol. The fourth-order valence-corrected chi connectivity index (χ4v) is 1.96. The summed E-state index contributed by atoms with van der Waals surface area (Å²) in [6, 6.07) is 3.93. The minimum atomic E-state index is -0.297. The van der Waals surface area contributed by atoms with Crippen molar-refractivity contribution in [2.24, 2.45) is 0 Å². The van der Waals surface area contributed by atoms with Gasteiger partial charge in [-0.05, 0) is 49.6 Å². The van der Waals surface area contributed by atoms with E-state index in [9.17, 15) is 4.79 Å². The molecule has 0 unspecified atom stereocenters. The molecule has 0 amide bonds. The normalized spacial score (nSPS) is 11.3. The van der Waals surface area contributed by atoms with Gasteiger partial charge >= 0.3 is 5.97 Å². The number of carbonyl (C=O) groups excluding carboxylic acids is 1. The molecular formula is C15H19BrO3. The number of hydrogen-bond donors (Lipinski definition) is 0. The fourth-order valence-electron chi connectivity index (χ4n) is 1.73. The average molecular weight is 327 g/mol. The van der Waals surface area contributed by atoms with Gasteiger partial charge in [0.1, 0.15) is 12.4 Å². The Kier molecular flexibility index (Phi) is 6.09. The standard InChI is InChI=1S/C15H19BrO3/c1-5-12(15(17)18-4)6-7-19-13-8-10(2)14(16)11(3)9-13/h6,8-9H,5,7H2,1-4H3/b12-6-. The van der Waals surface area contributed by atoms with Crippen molar-refractivity contribution in [3.8, 4) is 5.75 Å². The summed E-state index contributed by atoms with van der Waals surface area (Å²) >= 11 is 3.52. The lowest BCUT2D eigenvalue weighted by Crippen LogP contribution is -2.06. The Bertz CT molecular complexity index is 469. The van der Waals surface area contributed by atoms with E-state index in [2.05, 4.69) is 15.9 Å². The van der Waals surface area contributed by atoms with Gasteiger partial charge in [0.2, 0.25) is 0 Å². The first-order valence-corrected chi connectivity index (χ1v) is 6.95. The third-order valence-corrected chi connectivity index (χ3v) is 4.07. The Morgan fingerprint density at radius 2 is 1.89 bits per heavy atom. The van der Waals surface area contributed by atoms with E-state index in [0.29, 0.717) is 18.6 Å². The Labute approximate surface area is 122 Å². The molecule has 0 spiro atoms. The maximum absolute atomic E-state index is 11.4. The lowest BCUT2D eigenvalue weighted by atomic mass is 10.1. The van der Waals surface area contributed by atoms with Gasteiger partial charge in [-0.1, -0.05) is 22.9 Å². The summed E-state index contributed by atoms with van der Waals surface area (Å²) in [4.78, 5) is 11.4. The van der Waals surface area contributed by atoms with E-state index in [1.165, 1.54) is 7.11 Å². The minimum absolute atomic E-state index is 0.297. The monoisotopic (exact) mass is 326 g/mol. The summed E-state index contributed by atoms with van der Waals surface area (Å²) in [5.41, 5.74) is 2.89. The van der Waals surface area contributed by atoms with Crippen LogP contribution < -0.4 is 4.74 Å². The highest BCUT2D eigenvalue weighted by molar-refractivity contribution is 9.10. The number of benzene rings is 1. The van der Waals surface area contributed by atoms with Crippen LogP contribution in [-0.2, 0) is 9.53 Å². The smallest absolute Gasteiger partial charge is 0.333 e. The molecule has 0 aliphatic heterocycles. The topological polar surface area (TPSA) is 35.5 Å². The summed E-state index contributed by atoms with van der Waals surface area (Å²) in [7, 11) is 1.38. The van der Waals surface area contributed by atoms with Crippen molar-refractivity contribution in [2.75, 3.05) is 13.7 Å². The molecule has 0 N–H and O–H groups in total. The van der Waals surface area contributed by atoms with Crippen molar-refractivity contribution in [3.63, 3.8) is 0 Å². The first-order chi connectivity index (χ1) is 8.99. The van der Waals surface area contributed by atoms with Gasteiger partial charge in [0.05, 0.1) is 7.11 Å². The SMILES string of the molecule is CC/C(=C/COc1cc(C)c(Br)c(C)c1)C(=O)OC. The van der Waals surface area contributed by atoms with Crippen LogP contribution in [0.15, 0.2) is 28.3 Å². The Morgan fingerprint density at radius 3 is 2.37 bits per heavy atom. The summed E-state index contributed by atoms with van der Waals surface area (Å²) in [5, 5.41) is 0. The Hall–Kier alpha value is -1.29. The Balaban J connectivity index is 2.72. The third kappa shape index (κ3) is 4.39. The third-order valence-electron chi connectivity index (χ3n) is 2.82. The van der Waals surface area contributed by atoms with Crippen LogP contribution in [-0.4, -0.2) is 19.7 Å². The van der Waals surface area contributed by atoms with Crippen LogP contribution in [0.25, 0.3) is 0 Å². The molecule has 0 aliphatic rings. The second kappa shape index (κ2) is 7.34. The van der Waals surface area contributed by atoms with Gasteiger partial charge < -0.3 is 9.47 Å². The highest BCUT2D eigenvalue weighted by atomic mass is 79.9. The molecule has 4 heteroatoms. The van der Waals surface area contributed by atoms with Crippen LogP contribution in [0.5, 0.6) is 5.75 Å². The Morgan fingerprint density at radius 1 is 1.32 bits per heavy atom. The molecule has 0 saturated carbocycles. The average Bonchev–Trinajstić information content (AvgIpc) is 2.40. The van der Waals surface area contributed by atoms with Crippen molar-refractivity contribution in [1.82, 2.24) is 0 Å². The number of carbonyl (C=O) groups is 1. The molecule has 0 aliphatic carbocycles. The number of hydrogen-bond acceptors (Lipinski definition) is 3. The highest BCUT2D eigenvalue weighted by Crippen LogP contribution is 2.26. The van der Waals surface area contributed by atoms with Crippen LogP contribution in [0.1, 0.15) is 24.5 Å². The molecule has 0 atom stereocenters. The largest absolute Gasteiger partial charge is 0.489 e. The van der Waals surface area contributed by atoms with Crippen LogP contribution >= 0.6 is 15.9 Å². The molecule has 0 bridgehead atoms. The van der Waals surface area contributed by atoms with E-state index in [4.69, 9.17) is 9.47 Å². The van der Waals surface area contributed by atoms with E-state index in [-0.39, 0.29) is 5.97 Å². The van der Waals surface area contributed by atoms with Gasteiger partial charge in [0.25, 0.3) is 0 Å². The lowest BCUT2D eigenvalue weighted by molar-refractivity contribution is -0.136. The molecule has 0 radical (unpaired) electrons. The van der Waals surface area contributed by atoms with Crippen LogP contribution in [0.2, 0.25) is 0 Å². The molecule has 104 valence electrons. The second-order valence-electron chi connectivity index (χ2n) is 4.26. The first kappa shape index (κ1) is 15.8. The molecule has 0 aromatic heterocycles. The number of aryl methyl sites for hydroxylation is 2. The fraction of sp³-hybridized carbons (Fsp3) is 0.400. The molecule has 19 heavy (non-hydrogen) atoms. The summed E-state index contributed by atoms with van der Waals surface area (Å²) in [6.45, 7) is 6.31. The van der Waals surface area contributed by atoms with Crippen LogP contribution in [0, 0.1) is 13.8 Å². The zero-order valence-electron chi connectivity index (χ0n) is 11.7.